The molecule has 0 atom stereocenters. The minimum absolute atomic E-state index is 0.00679. The Balaban J connectivity index is 1.07. The molecule has 0 unspecified atom stereocenters. The van der Waals surface area contributed by atoms with Gasteiger partial charge in [-0.3, -0.25) is 9.59 Å². The summed E-state index contributed by atoms with van der Waals surface area (Å²) in [6.45, 7) is 5.04. The third-order valence-corrected chi connectivity index (χ3v) is 8.36. The van der Waals surface area contributed by atoms with Gasteiger partial charge in [-0.25, -0.2) is 4.98 Å². The minimum Gasteiger partial charge on any atom is -0.494 e. The van der Waals surface area contributed by atoms with Crippen LogP contribution in [0.4, 0.5) is 5.82 Å². The van der Waals surface area contributed by atoms with Crippen molar-refractivity contribution < 1.29 is 14.3 Å². The first-order chi connectivity index (χ1) is 18.7. The van der Waals surface area contributed by atoms with E-state index in [1.54, 1.807) is 0 Å². The number of pyridine rings is 1. The van der Waals surface area contributed by atoms with Crippen LogP contribution in [0.1, 0.15) is 73.7 Å². The zero-order valence-electron chi connectivity index (χ0n) is 22.7. The number of hydrogen-bond donors (Lipinski definition) is 0. The van der Waals surface area contributed by atoms with E-state index in [4.69, 9.17) is 4.74 Å². The molecule has 3 aliphatic rings. The predicted molar refractivity (Wildman–Crippen MR) is 150 cm³/mol. The fourth-order valence-electron chi connectivity index (χ4n) is 6.00. The maximum absolute atomic E-state index is 13.2. The number of piperidine rings is 1. The molecule has 2 aliphatic heterocycles. The second-order valence-electron chi connectivity index (χ2n) is 11.1. The molecule has 2 saturated heterocycles. The van der Waals surface area contributed by atoms with E-state index >= 15 is 0 Å². The van der Waals surface area contributed by atoms with Crippen LogP contribution in [0.3, 0.4) is 0 Å². The maximum Gasteiger partial charge on any atom is 0.254 e. The molecule has 7 heteroatoms. The Morgan fingerprint density at radius 3 is 2.32 bits per heavy atom. The topological polar surface area (TPSA) is 66.0 Å². The maximum atomic E-state index is 13.2. The van der Waals surface area contributed by atoms with Gasteiger partial charge in [0.05, 0.1) is 13.0 Å². The van der Waals surface area contributed by atoms with Crippen molar-refractivity contribution in [2.75, 3.05) is 50.8 Å². The molecule has 3 fully saturated rings. The second-order valence-corrected chi connectivity index (χ2v) is 11.1. The van der Waals surface area contributed by atoms with Crippen molar-refractivity contribution >= 4 is 17.6 Å². The van der Waals surface area contributed by atoms with Crippen LogP contribution in [0.15, 0.2) is 42.6 Å². The summed E-state index contributed by atoms with van der Waals surface area (Å²) >= 11 is 0. The van der Waals surface area contributed by atoms with Gasteiger partial charge in [0.1, 0.15) is 11.6 Å². The first-order valence-corrected chi connectivity index (χ1v) is 14.7. The number of carbonyl (C=O) groups is 2. The Labute approximate surface area is 227 Å². The zero-order valence-corrected chi connectivity index (χ0v) is 22.7. The van der Waals surface area contributed by atoms with Gasteiger partial charge in [-0.15, -0.1) is 0 Å². The molecule has 1 aromatic carbocycles. The van der Waals surface area contributed by atoms with Crippen LogP contribution < -0.4 is 9.64 Å². The first-order valence-electron chi connectivity index (χ1n) is 14.7. The average molecular weight is 519 g/mol. The van der Waals surface area contributed by atoms with Gasteiger partial charge in [0.15, 0.2) is 0 Å². The third kappa shape index (κ3) is 7.06. The second kappa shape index (κ2) is 13.1. The van der Waals surface area contributed by atoms with Crippen molar-refractivity contribution in [1.29, 1.82) is 0 Å². The number of anilines is 1. The number of aromatic nitrogens is 1. The van der Waals surface area contributed by atoms with E-state index in [0.717, 1.165) is 42.6 Å². The van der Waals surface area contributed by atoms with E-state index in [1.165, 1.54) is 51.4 Å². The molecular formula is C31H42N4O3. The molecule has 3 heterocycles. The number of ether oxygens (including phenoxy) is 1. The van der Waals surface area contributed by atoms with Crippen LogP contribution in [0, 0.1) is 5.92 Å². The molecule has 2 aromatic rings. The van der Waals surface area contributed by atoms with Crippen LogP contribution in [0.5, 0.6) is 5.75 Å². The molecular weight excluding hydrogens is 476 g/mol. The lowest BCUT2D eigenvalue weighted by Gasteiger charge is -2.35. The zero-order chi connectivity index (χ0) is 26.2. The molecule has 0 N–H and O–H groups in total. The molecule has 1 saturated carbocycles. The molecule has 5 rings (SSSR count). The van der Waals surface area contributed by atoms with Gasteiger partial charge in [0.2, 0.25) is 5.91 Å². The van der Waals surface area contributed by atoms with Crippen LogP contribution in [0.25, 0.3) is 0 Å². The molecule has 0 radical (unpaired) electrons. The van der Waals surface area contributed by atoms with Crippen LogP contribution >= 0.6 is 0 Å². The van der Waals surface area contributed by atoms with Gasteiger partial charge in [-0.1, -0.05) is 44.2 Å². The summed E-state index contributed by atoms with van der Waals surface area (Å²) in [5, 5.41) is 0. The normalized spacial score (nSPS) is 18.9. The molecule has 0 bridgehead atoms. The highest BCUT2D eigenvalue weighted by molar-refractivity contribution is 5.94. The van der Waals surface area contributed by atoms with Crippen LogP contribution in [0.2, 0.25) is 0 Å². The lowest BCUT2D eigenvalue weighted by atomic mass is 9.87. The van der Waals surface area contributed by atoms with E-state index in [2.05, 4.69) is 9.88 Å². The van der Waals surface area contributed by atoms with E-state index in [1.807, 2.05) is 52.4 Å². The van der Waals surface area contributed by atoms with Crippen LogP contribution in [-0.2, 0) is 11.2 Å². The Hall–Kier alpha value is -3.09. The smallest absolute Gasteiger partial charge is 0.254 e. The Morgan fingerprint density at radius 2 is 1.58 bits per heavy atom. The molecule has 0 spiro atoms. The van der Waals surface area contributed by atoms with Gasteiger partial charge >= 0.3 is 0 Å². The highest BCUT2D eigenvalue weighted by atomic mass is 16.5. The number of amides is 2. The van der Waals surface area contributed by atoms with E-state index < -0.39 is 0 Å². The fraction of sp³-hybridized carbons (Fsp3) is 0.581. The minimum atomic E-state index is 0.00679. The molecule has 7 nitrogen and oxygen atoms in total. The Morgan fingerprint density at radius 1 is 0.842 bits per heavy atom. The lowest BCUT2D eigenvalue weighted by Crippen LogP contribution is -2.51. The number of carbonyl (C=O) groups excluding carboxylic acids is 2. The van der Waals surface area contributed by atoms with E-state index in [9.17, 15) is 9.59 Å². The Bertz CT molecular complexity index is 1050. The van der Waals surface area contributed by atoms with Gasteiger partial charge in [-0.2, -0.15) is 0 Å². The van der Waals surface area contributed by atoms with Gasteiger partial charge in [-0.05, 0) is 61.4 Å². The molecule has 1 aromatic heterocycles. The summed E-state index contributed by atoms with van der Waals surface area (Å²) in [6, 6.07) is 11.6. The SMILES string of the molecule is O=C(Cc1ccc(N2CCCCC2)nc1)N1CCN(C(=O)c2cccc(OCCC3CCCCC3)c2)CC1. The molecule has 38 heavy (non-hydrogen) atoms. The summed E-state index contributed by atoms with van der Waals surface area (Å²) in [7, 11) is 0. The number of hydrogen-bond acceptors (Lipinski definition) is 5. The summed E-state index contributed by atoms with van der Waals surface area (Å²) in [6.07, 6.45) is 13.7. The molecule has 204 valence electrons. The van der Waals surface area contributed by atoms with E-state index in [0.29, 0.717) is 44.8 Å². The summed E-state index contributed by atoms with van der Waals surface area (Å²) < 4.78 is 6.00. The van der Waals surface area contributed by atoms with Gasteiger partial charge in [0.25, 0.3) is 5.91 Å². The van der Waals surface area contributed by atoms with Crippen molar-refractivity contribution in [3.63, 3.8) is 0 Å². The molecule has 2 amide bonds. The van der Waals surface area contributed by atoms with Gasteiger partial charge in [0, 0.05) is 51.0 Å². The summed E-state index contributed by atoms with van der Waals surface area (Å²) in [5.74, 6) is 2.65. The standard InChI is InChI=1S/C31H42N4O3/c36-30(22-26-12-13-29(32-24-26)33-15-5-2-6-16-33)34-17-19-35(20-18-34)31(37)27-10-7-11-28(23-27)38-21-14-25-8-3-1-4-9-25/h7,10-13,23-25H,1-6,8-9,14-22H2. The molecule has 1 aliphatic carbocycles. The van der Waals surface area contributed by atoms with E-state index in [-0.39, 0.29) is 11.8 Å². The highest BCUT2D eigenvalue weighted by Crippen LogP contribution is 2.26. The van der Waals surface area contributed by atoms with Crippen molar-refractivity contribution in [2.24, 2.45) is 5.92 Å². The number of benzene rings is 1. The monoisotopic (exact) mass is 518 g/mol. The number of piperazine rings is 1. The Kier molecular flexibility index (Phi) is 9.15. The number of rotatable bonds is 8. The van der Waals surface area contributed by atoms with Crippen molar-refractivity contribution in [1.82, 2.24) is 14.8 Å². The van der Waals surface area contributed by atoms with Crippen molar-refractivity contribution in [3.8, 4) is 5.75 Å². The summed E-state index contributed by atoms with van der Waals surface area (Å²) in [4.78, 5) is 36.7. The third-order valence-electron chi connectivity index (χ3n) is 8.36. The number of nitrogens with zero attached hydrogens (tertiary/aromatic N) is 4. The van der Waals surface area contributed by atoms with Crippen molar-refractivity contribution in [3.05, 3.63) is 53.7 Å². The van der Waals surface area contributed by atoms with Crippen molar-refractivity contribution in [2.45, 2.75) is 64.2 Å². The average Bonchev–Trinajstić information content (AvgIpc) is 2.98. The van der Waals surface area contributed by atoms with Gasteiger partial charge < -0.3 is 19.4 Å². The summed E-state index contributed by atoms with van der Waals surface area (Å²) in [5.41, 5.74) is 1.59. The highest BCUT2D eigenvalue weighted by Gasteiger charge is 2.25. The first kappa shape index (κ1) is 26.5. The lowest BCUT2D eigenvalue weighted by molar-refractivity contribution is -0.131. The van der Waals surface area contributed by atoms with Crippen LogP contribution in [-0.4, -0.2) is 72.5 Å². The largest absolute Gasteiger partial charge is 0.494 e. The fourth-order valence-corrected chi connectivity index (χ4v) is 6.00. The quantitative estimate of drug-likeness (QED) is 0.495. The predicted octanol–water partition coefficient (Wildman–Crippen LogP) is 4.95.